The van der Waals surface area contributed by atoms with Gasteiger partial charge in [-0.2, -0.15) is 0 Å². The van der Waals surface area contributed by atoms with Crippen molar-refractivity contribution in [3.63, 3.8) is 0 Å². The monoisotopic (exact) mass is 402 g/mol. The SMILES string of the molecule is Cc1onc(-c2ccccc2Cl)c1C(=O)OCC(=O)NCc1ccccc1F. The molecule has 3 aromatic rings. The molecule has 0 fully saturated rings. The van der Waals surface area contributed by atoms with Gasteiger partial charge in [-0.15, -0.1) is 0 Å². The van der Waals surface area contributed by atoms with Crippen molar-refractivity contribution in [3.8, 4) is 11.3 Å². The van der Waals surface area contributed by atoms with E-state index in [2.05, 4.69) is 10.5 Å². The number of hydrogen-bond donors (Lipinski definition) is 1. The average Bonchev–Trinajstić information content (AvgIpc) is 3.07. The fraction of sp³-hybridized carbons (Fsp3) is 0.150. The first kappa shape index (κ1) is 19.6. The van der Waals surface area contributed by atoms with Crippen LogP contribution in [-0.4, -0.2) is 23.6 Å². The van der Waals surface area contributed by atoms with Crippen LogP contribution in [0.3, 0.4) is 0 Å². The van der Waals surface area contributed by atoms with Crippen LogP contribution >= 0.6 is 11.6 Å². The number of benzene rings is 2. The minimum Gasteiger partial charge on any atom is -0.452 e. The van der Waals surface area contributed by atoms with Crippen LogP contribution in [0.1, 0.15) is 21.7 Å². The van der Waals surface area contributed by atoms with Crippen LogP contribution in [0.4, 0.5) is 4.39 Å². The smallest absolute Gasteiger partial charge is 0.344 e. The highest BCUT2D eigenvalue weighted by molar-refractivity contribution is 6.33. The number of aryl methyl sites for hydroxylation is 1. The molecule has 1 amide bonds. The molecule has 0 unspecified atom stereocenters. The van der Waals surface area contributed by atoms with E-state index in [9.17, 15) is 14.0 Å². The third-order valence-corrected chi connectivity index (χ3v) is 4.29. The Labute approximate surface area is 165 Å². The second-order valence-electron chi connectivity index (χ2n) is 5.89. The van der Waals surface area contributed by atoms with E-state index in [-0.39, 0.29) is 23.6 Å². The molecule has 144 valence electrons. The van der Waals surface area contributed by atoms with Crippen LogP contribution in [0, 0.1) is 12.7 Å². The van der Waals surface area contributed by atoms with Gasteiger partial charge in [-0.25, -0.2) is 9.18 Å². The third-order valence-electron chi connectivity index (χ3n) is 3.96. The average molecular weight is 403 g/mol. The maximum absolute atomic E-state index is 13.6. The Kier molecular flexibility index (Phi) is 6.06. The number of aromatic nitrogens is 1. The molecule has 0 saturated carbocycles. The predicted octanol–water partition coefficient (Wildman–Crippen LogP) is 3.92. The lowest BCUT2D eigenvalue weighted by molar-refractivity contribution is -0.124. The fourth-order valence-electron chi connectivity index (χ4n) is 2.54. The summed E-state index contributed by atoms with van der Waals surface area (Å²) >= 11 is 6.16. The van der Waals surface area contributed by atoms with E-state index < -0.39 is 24.3 Å². The van der Waals surface area contributed by atoms with Gasteiger partial charge in [0, 0.05) is 17.7 Å². The van der Waals surface area contributed by atoms with E-state index >= 15 is 0 Å². The molecule has 0 atom stereocenters. The Morgan fingerprint density at radius 3 is 2.64 bits per heavy atom. The van der Waals surface area contributed by atoms with Gasteiger partial charge in [-0.1, -0.05) is 53.2 Å². The molecule has 28 heavy (non-hydrogen) atoms. The molecule has 0 spiro atoms. The molecule has 0 aliphatic carbocycles. The zero-order chi connectivity index (χ0) is 20.1. The number of nitrogens with zero attached hydrogens (tertiary/aromatic N) is 1. The Morgan fingerprint density at radius 1 is 1.18 bits per heavy atom. The van der Waals surface area contributed by atoms with Crippen LogP contribution in [-0.2, 0) is 16.1 Å². The van der Waals surface area contributed by atoms with E-state index in [1.165, 1.54) is 6.07 Å². The Balaban J connectivity index is 1.64. The van der Waals surface area contributed by atoms with Crippen molar-refractivity contribution in [3.05, 3.63) is 76.3 Å². The quantitative estimate of drug-likeness (QED) is 0.632. The van der Waals surface area contributed by atoms with E-state index in [0.29, 0.717) is 16.1 Å². The molecular formula is C20H16ClFN2O4. The number of carbonyl (C=O) groups excluding carboxylic acids is 2. The lowest BCUT2D eigenvalue weighted by Crippen LogP contribution is -2.28. The van der Waals surface area contributed by atoms with Crippen molar-refractivity contribution in [1.82, 2.24) is 10.5 Å². The van der Waals surface area contributed by atoms with Crippen molar-refractivity contribution in [2.45, 2.75) is 13.5 Å². The molecule has 2 aromatic carbocycles. The zero-order valence-electron chi connectivity index (χ0n) is 14.9. The van der Waals surface area contributed by atoms with Crippen LogP contribution < -0.4 is 5.32 Å². The number of esters is 1. The number of rotatable bonds is 6. The number of hydrogen-bond acceptors (Lipinski definition) is 5. The van der Waals surface area contributed by atoms with Crippen molar-refractivity contribution < 1.29 is 23.2 Å². The van der Waals surface area contributed by atoms with Gasteiger partial charge >= 0.3 is 5.97 Å². The first-order valence-electron chi connectivity index (χ1n) is 8.35. The molecule has 0 aliphatic rings. The highest BCUT2D eigenvalue weighted by Gasteiger charge is 2.24. The molecule has 1 aromatic heterocycles. The van der Waals surface area contributed by atoms with E-state index in [1.807, 2.05) is 0 Å². The number of carbonyl (C=O) groups is 2. The summed E-state index contributed by atoms with van der Waals surface area (Å²) in [4.78, 5) is 24.4. The maximum atomic E-state index is 13.6. The second-order valence-corrected chi connectivity index (χ2v) is 6.29. The highest BCUT2D eigenvalue weighted by Crippen LogP contribution is 2.31. The van der Waals surface area contributed by atoms with Gasteiger partial charge in [0.15, 0.2) is 6.61 Å². The lowest BCUT2D eigenvalue weighted by atomic mass is 10.1. The maximum Gasteiger partial charge on any atom is 0.344 e. The fourth-order valence-corrected chi connectivity index (χ4v) is 2.76. The van der Waals surface area contributed by atoms with Crippen molar-refractivity contribution in [2.75, 3.05) is 6.61 Å². The largest absolute Gasteiger partial charge is 0.452 e. The van der Waals surface area contributed by atoms with Crippen LogP contribution in [0.5, 0.6) is 0 Å². The molecule has 0 saturated heterocycles. The molecule has 3 rings (SSSR count). The summed E-state index contributed by atoms with van der Waals surface area (Å²) in [5, 5.41) is 6.77. The molecule has 0 radical (unpaired) electrons. The molecule has 1 N–H and O–H groups in total. The molecular weight excluding hydrogens is 387 g/mol. The molecule has 0 bridgehead atoms. The van der Waals surface area contributed by atoms with E-state index in [1.54, 1.807) is 49.4 Å². The minimum atomic E-state index is -0.769. The van der Waals surface area contributed by atoms with Crippen LogP contribution in [0.2, 0.25) is 5.02 Å². The Hall–Kier alpha value is -3.19. The van der Waals surface area contributed by atoms with Gasteiger partial charge in [0.1, 0.15) is 22.8 Å². The standard InChI is InChI=1S/C20H16ClFN2O4/c1-12-18(19(24-28-12)14-7-3-4-8-15(14)21)20(26)27-11-17(25)23-10-13-6-2-5-9-16(13)22/h2-9H,10-11H2,1H3,(H,23,25). The van der Waals surface area contributed by atoms with Crippen LogP contribution in [0.15, 0.2) is 53.1 Å². The van der Waals surface area contributed by atoms with E-state index in [0.717, 1.165) is 0 Å². The first-order chi connectivity index (χ1) is 13.5. The normalized spacial score (nSPS) is 10.5. The van der Waals surface area contributed by atoms with Gasteiger partial charge in [-0.3, -0.25) is 4.79 Å². The Bertz CT molecular complexity index is 1020. The topological polar surface area (TPSA) is 81.4 Å². The highest BCUT2D eigenvalue weighted by atomic mass is 35.5. The number of ether oxygens (including phenoxy) is 1. The van der Waals surface area contributed by atoms with Gasteiger partial charge in [0.05, 0.1) is 5.02 Å². The van der Waals surface area contributed by atoms with Gasteiger partial charge in [0.25, 0.3) is 5.91 Å². The summed E-state index contributed by atoms with van der Waals surface area (Å²) in [6, 6.07) is 12.9. The predicted molar refractivity (Wildman–Crippen MR) is 100 cm³/mol. The molecule has 8 heteroatoms. The van der Waals surface area contributed by atoms with Gasteiger partial charge in [0.2, 0.25) is 0 Å². The third kappa shape index (κ3) is 4.37. The minimum absolute atomic E-state index is 0.0137. The summed E-state index contributed by atoms with van der Waals surface area (Å²) in [7, 11) is 0. The summed E-state index contributed by atoms with van der Waals surface area (Å²) in [5.41, 5.74) is 1.17. The second kappa shape index (κ2) is 8.67. The molecule has 6 nitrogen and oxygen atoms in total. The summed E-state index contributed by atoms with van der Waals surface area (Å²) in [6.07, 6.45) is 0. The summed E-state index contributed by atoms with van der Waals surface area (Å²) in [5.74, 6) is -1.52. The van der Waals surface area contributed by atoms with Crippen molar-refractivity contribution >= 4 is 23.5 Å². The molecule has 1 heterocycles. The van der Waals surface area contributed by atoms with Crippen LogP contribution in [0.25, 0.3) is 11.3 Å². The van der Waals surface area contributed by atoms with Gasteiger partial charge in [-0.05, 0) is 19.1 Å². The molecule has 0 aliphatic heterocycles. The summed E-state index contributed by atoms with van der Waals surface area (Å²) in [6.45, 7) is 1.02. The van der Waals surface area contributed by atoms with E-state index in [4.69, 9.17) is 20.9 Å². The Morgan fingerprint density at radius 2 is 1.89 bits per heavy atom. The summed E-state index contributed by atoms with van der Waals surface area (Å²) < 4.78 is 23.7. The zero-order valence-corrected chi connectivity index (χ0v) is 15.6. The number of nitrogens with one attached hydrogen (secondary N) is 1. The van der Waals surface area contributed by atoms with Crippen molar-refractivity contribution in [2.24, 2.45) is 0 Å². The first-order valence-corrected chi connectivity index (χ1v) is 8.73. The number of halogens is 2. The van der Waals surface area contributed by atoms with Crippen molar-refractivity contribution in [1.29, 1.82) is 0 Å². The number of amides is 1. The lowest BCUT2D eigenvalue weighted by Gasteiger charge is -2.08. The van der Waals surface area contributed by atoms with Gasteiger partial charge < -0.3 is 14.6 Å².